The summed E-state index contributed by atoms with van der Waals surface area (Å²) in [5.74, 6) is 0. The van der Waals surface area contributed by atoms with E-state index in [1.807, 2.05) is 11.8 Å². The van der Waals surface area contributed by atoms with E-state index in [0.29, 0.717) is 32.0 Å². The molecule has 0 atom stereocenters. The third-order valence-electron chi connectivity index (χ3n) is 3.56. The number of hydrogen-bond donors (Lipinski definition) is 2. The van der Waals surface area contributed by atoms with Crippen LogP contribution in [0.1, 0.15) is 39.0 Å². The second-order valence-corrected chi connectivity index (χ2v) is 5.06. The Hall–Kier alpha value is -0.770. The van der Waals surface area contributed by atoms with E-state index in [4.69, 9.17) is 0 Å². The zero-order chi connectivity index (χ0) is 10.9. The van der Waals surface area contributed by atoms with Crippen molar-refractivity contribution in [1.82, 2.24) is 10.2 Å². The standard InChI is InChI=1S/C11H20N2O2/c1-11(15)5-7-13(8-6-11)10(14)12-9-3-2-4-9/h9,15H,2-8H2,1H3,(H,12,14). The number of aliphatic hydroxyl groups is 1. The van der Waals surface area contributed by atoms with Gasteiger partial charge >= 0.3 is 6.03 Å². The van der Waals surface area contributed by atoms with E-state index >= 15 is 0 Å². The monoisotopic (exact) mass is 212 g/mol. The fourth-order valence-electron chi connectivity index (χ4n) is 2.01. The third-order valence-corrected chi connectivity index (χ3v) is 3.56. The fourth-order valence-corrected chi connectivity index (χ4v) is 2.01. The average Bonchev–Trinajstić information content (AvgIpc) is 2.11. The molecule has 0 spiro atoms. The van der Waals surface area contributed by atoms with Crippen LogP contribution in [-0.4, -0.2) is 40.8 Å². The molecule has 1 heterocycles. The Balaban J connectivity index is 1.76. The SMILES string of the molecule is CC1(O)CCN(C(=O)NC2CCC2)CC1. The van der Waals surface area contributed by atoms with Crippen LogP contribution in [0, 0.1) is 0 Å². The van der Waals surface area contributed by atoms with E-state index in [1.165, 1.54) is 6.42 Å². The van der Waals surface area contributed by atoms with E-state index in [-0.39, 0.29) is 6.03 Å². The molecule has 2 amide bonds. The first kappa shape index (κ1) is 10.7. The van der Waals surface area contributed by atoms with Gasteiger partial charge in [-0.15, -0.1) is 0 Å². The second-order valence-electron chi connectivity index (χ2n) is 5.06. The maximum absolute atomic E-state index is 11.7. The summed E-state index contributed by atoms with van der Waals surface area (Å²) in [6, 6.07) is 0.454. The molecule has 4 nitrogen and oxygen atoms in total. The molecule has 0 radical (unpaired) electrons. The lowest BCUT2D eigenvalue weighted by Crippen LogP contribution is -2.52. The van der Waals surface area contributed by atoms with Gasteiger partial charge in [0, 0.05) is 19.1 Å². The zero-order valence-corrected chi connectivity index (χ0v) is 9.33. The predicted octanol–water partition coefficient (Wildman–Crippen LogP) is 1.10. The van der Waals surface area contributed by atoms with Gasteiger partial charge in [0.25, 0.3) is 0 Å². The minimum atomic E-state index is -0.576. The molecule has 4 heteroatoms. The number of piperidine rings is 1. The molecule has 0 aromatic heterocycles. The molecule has 1 saturated heterocycles. The van der Waals surface area contributed by atoms with Crippen molar-refractivity contribution in [3.05, 3.63) is 0 Å². The van der Waals surface area contributed by atoms with Gasteiger partial charge in [0.05, 0.1) is 5.60 Å². The lowest BCUT2D eigenvalue weighted by atomic mass is 9.92. The molecule has 0 aromatic carbocycles. The van der Waals surface area contributed by atoms with Crippen LogP contribution < -0.4 is 5.32 Å². The van der Waals surface area contributed by atoms with Crippen molar-refractivity contribution in [1.29, 1.82) is 0 Å². The van der Waals surface area contributed by atoms with Gasteiger partial charge in [0.2, 0.25) is 0 Å². The normalized spacial score (nSPS) is 25.9. The third kappa shape index (κ3) is 2.62. The van der Waals surface area contributed by atoms with Crippen LogP contribution in [0.15, 0.2) is 0 Å². The van der Waals surface area contributed by atoms with Gasteiger partial charge in [-0.1, -0.05) is 0 Å². The van der Waals surface area contributed by atoms with E-state index < -0.39 is 5.60 Å². The van der Waals surface area contributed by atoms with Crippen molar-refractivity contribution in [2.45, 2.75) is 50.7 Å². The van der Waals surface area contributed by atoms with Gasteiger partial charge in [-0.25, -0.2) is 4.79 Å². The van der Waals surface area contributed by atoms with Crippen LogP contribution in [-0.2, 0) is 0 Å². The van der Waals surface area contributed by atoms with Gasteiger partial charge in [-0.3, -0.25) is 0 Å². The lowest BCUT2D eigenvalue weighted by Gasteiger charge is -2.37. The predicted molar refractivity (Wildman–Crippen MR) is 57.6 cm³/mol. The minimum Gasteiger partial charge on any atom is -0.390 e. The van der Waals surface area contributed by atoms with E-state index in [0.717, 1.165) is 12.8 Å². The Labute approximate surface area is 90.6 Å². The van der Waals surface area contributed by atoms with Gasteiger partial charge in [0.15, 0.2) is 0 Å². The summed E-state index contributed by atoms with van der Waals surface area (Å²) in [6.07, 6.45) is 4.85. The van der Waals surface area contributed by atoms with Crippen LogP contribution in [0.4, 0.5) is 4.79 Å². The topological polar surface area (TPSA) is 52.6 Å². The van der Waals surface area contributed by atoms with Crippen molar-refractivity contribution in [3.8, 4) is 0 Å². The summed E-state index contributed by atoms with van der Waals surface area (Å²) in [7, 11) is 0. The molecule has 2 aliphatic rings. The van der Waals surface area contributed by atoms with Crippen molar-refractivity contribution < 1.29 is 9.90 Å². The number of nitrogens with one attached hydrogen (secondary N) is 1. The summed E-state index contributed by atoms with van der Waals surface area (Å²) >= 11 is 0. The maximum Gasteiger partial charge on any atom is 0.317 e. The lowest BCUT2D eigenvalue weighted by molar-refractivity contribution is 0.00390. The first-order chi connectivity index (χ1) is 7.07. The summed E-state index contributed by atoms with van der Waals surface area (Å²) in [5, 5.41) is 12.8. The summed E-state index contributed by atoms with van der Waals surface area (Å²) in [6.45, 7) is 3.19. The number of nitrogens with zero attached hydrogens (tertiary/aromatic N) is 1. The highest BCUT2D eigenvalue weighted by Crippen LogP contribution is 2.22. The summed E-state index contributed by atoms with van der Waals surface area (Å²) < 4.78 is 0. The number of hydrogen-bond acceptors (Lipinski definition) is 2. The molecular weight excluding hydrogens is 192 g/mol. The maximum atomic E-state index is 11.7. The fraction of sp³-hybridized carbons (Fsp3) is 0.909. The second kappa shape index (κ2) is 4.00. The van der Waals surface area contributed by atoms with Gasteiger partial charge in [-0.2, -0.15) is 0 Å². The zero-order valence-electron chi connectivity index (χ0n) is 9.33. The number of carbonyl (C=O) groups excluding carboxylic acids is 1. The van der Waals surface area contributed by atoms with Crippen molar-refractivity contribution in [3.63, 3.8) is 0 Å². The minimum absolute atomic E-state index is 0.0511. The van der Waals surface area contributed by atoms with Crippen LogP contribution in [0.25, 0.3) is 0 Å². The highest BCUT2D eigenvalue weighted by Gasteiger charge is 2.30. The molecule has 15 heavy (non-hydrogen) atoms. The largest absolute Gasteiger partial charge is 0.390 e. The Kier molecular flexibility index (Phi) is 2.87. The smallest absolute Gasteiger partial charge is 0.317 e. The summed E-state index contributed by atoms with van der Waals surface area (Å²) in [5.41, 5.74) is -0.576. The van der Waals surface area contributed by atoms with E-state index in [1.54, 1.807) is 0 Å². The van der Waals surface area contributed by atoms with Crippen molar-refractivity contribution in [2.24, 2.45) is 0 Å². The van der Waals surface area contributed by atoms with Crippen LogP contribution in [0.5, 0.6) is 0 Å². The Morgan fingerprint density at radius 1 is 1.40 bits per heavy atom. The molecule has 0 bridgehead atoms. The van der Waals surface area contributed by atoms with Crippen molar-refractivity contribution >= 4 is 6.03 Å². The molecule has 0 unspecified atom stereocenters. The Morgan fingerprint density at radius 3 is 2.47 bits per heavy atom. The van der Waals surface area contributed by atoms with Crippen LogP contribution in [0.2, 0.25) is 0 Å². The number of amides is 2. The first-order valence-corrected chi connectivity index (χ1v) is 5.85. The van der Waals surface area contributed by atoms with Gasteiger partial charge < -0.3 is 15.3 Å². The molecule has 2 rings (SSSR count). The highest BCUT2D eigenvalue weighted by molar-refractivity contribution is 5.74. The van der Waals surface area contributed by atoms with E-state index in [2.05, 4.69) is 5.32 Å². The first-order valence-electron chi connectivity index (χ1n) is 5.85. The highest BCUT2D eigenvalue weighted by atomic mass is 16.3. The van der Waals surface area contributed by atoms with Crippen LogP contribution in [0.3, 0.4) is 0 Å². The molecule has 86 valence electrons. The molecule has 1 aliphatic heterocycles. The molecule has 2 fully saturated rings. The number of likely N-dealkylation sites (tertiary alicyclic amines) is 1. The molecule has 1 saturated carbocycles. The van der Waals surface area contributed by atoms with Crippen molar-refractivity contribution in [2.75, 3.05) is 13.1 Å². The Bertz CT molecular complexity index is 239. The summed E-state index contributed by atoms with van der Waals surface area (Å²) in [4.78, 5) is 13.6. The number of carbonyl (C=O) groups is 1. The molecule has 0 aromatic rings. The molecular formula is C11H20N2O2. The molecule has 2 N–H and O–H groups in total. The van der Waals surface area contributed by atoms with Gasteiger partial charge in [-0.05, 0) is 39.0 Å². The Morgan fingerprint density at radius 2 is 2.00 bits per heavy atom. The van der Waals surface area contributed by atoms with Crippen LogP contribution >= 0.6 is 0 Å². The average molecular weight is 212 g/mol. The number of urea groups is 1. The van der Waals surface area contributed by atoms with E-state index in [9.17, 15) is 9.90 Å². The molecule has 1 aliphatic carbocycles. The quantitative estimate of drug-likeness (QED) is 0.683. The number of rotatable bonds is 1. The van der Waals surface area contributed by atoms with Gasteiger partial charge in [0.1, 0.15) is 0 Å².